The minimum Gasteiger partial charge on any atom is -0.390 e. The van der Waals surface area contributed by atoms with Crippen LogP contribution < -0.4 is 5.73 Å². The highest BCUT2D eigenvalue weighted by molar-refractivity contribution is 5.22. The fraction of sp³-hybridized carbons (Fsp3) is 0.455. The van der Waals surface area contributed by atoms with E-state index in [1.54, 1.807) is 18.2 Å². The maximum Gasteiger partial charge on any atom is 0.127 e. The molecule has 0 saturated carbocycles. The van der Waals surface area contributed by atoms with E-state index in [1.807, 2.05) is 0 Å². The van der Waals surface area contributed by atoms with Crippen molar-refractivity contribution in [2.75, 3.05) is 13.2 Å². The zero-order valence-corrected chi connectivity index (χ0v) is 8.27. The molecule has 82 valence electrons. The molecule has 4 heteroatoms. The second-order valence-corrected chi connectivity index (χ2v) is 3.82. The highest BCUT2D eigenvalue weighted by Gasteiger charge is 2.33. The molecule has 1 saturated heterocycles. The van der Waals surface area contributed by atoms with E-state index < -0.39 is 12.1 Å². The largest absolute Gasteiger partial charge is 0.390 e. The number of hydrogen-bond donors (Lipinski definition) is 2. The van der Waals surface area contributed by atoms with Gasteiger partial charge in [-0.25, -0.2) is 4.39 Å². The smallest absolute Gasteiger partial charge is 0.127 e. The fourth-order valence-electron chi connectivity index (χ4n) is 1.88. The molecule has 0 unspecified atom stereocenters. The fourth-order valence-corrected chi connectivity index (χ4v) is 1.88. The van der Waals surface area contributed by atoms with Crippen LogP contribution in [0, 0.1) is 11.7 Å². The van der Waals surface area contributed by atoms with Crippen LogP contribution in [0.1, 0.15) is 11.6 Å². The second-order valence-electron chi connectivity index (χ2n) is 3.82. The number of rotatable bonds is 2. The van der Waals surface area contributed by atoms with Gasteiger partial charge in [-0.15, -0.1) is 0 Å². The molecular formula is C11H14FNO2. The van der Waals surface area contributed by atoms with Crippen LogP contribution in [0.5, 0.6) is 0 Å². The Hall–Kier alpha value is -0.970. The lowest BCUT2D eigenvalue weighted by atomic mass is 9.91. The average Bonchev–Trinajstić information content (AvgIpc) is 2.64. The van der Waals surface area contributed by atoms with Crippen LogP contribution in [0.15, 0.2) is 24.3 Å². The van der Waals surface area contributed by atoms with Crippen molar-refractivity contribution >= 4 is 0 Å². The molecule has 0 amide bonds. The minimum absolute atomic E-state index is 0.220. The van der Waals surface area contributed by atoms with E-state index >= 15 is 0 Å². The first-order valence-corrected chi connectivity index (χ1v) is 4.96. The molecular weight excluding hydrogens is 197 g/mol. The Morgan fingerprint density at radius 3 is 2.73 bits per heavy atom. The predicted molar refractivity (Wildman–Crippen MR) is 53.6 cm³/mol. The number of aliphatic hydroxyl groups excluding tert-OH is 1. The summed E-state index contributed by atoms with van der Waals surface area (Å²) in [4.78, 5) is 0. The number of halogens is 1. The number of ether oxygens (including phenoxy) is 1. The molecule has 1 aliphatic heterocycles. The molecule has 0 aliphatic carbocycles. The van der Waals surface area contributed by atoms with Gasteiger partial charge < -0.3 is 15.6 Å². The van der Waals surface area contributed by atoms with Gasteiger partial charge >= 0.3 is 0 Å². The van der Waals surface area contributed by atoms with Gasteiger partial charge in [-0.1, -0.05) is 18.2 Å². The van der Waals surface area contributed by atoms with Gasteiger partial charge in [0.1, 0.15) is 5.82 Å². The summed E-state index contributed by atoms with van der Waals surface area (Å²) in [5.41, 5.74) is 6.35. The van der Waals surface area contributed by atoms with E-state index in [1.165, 1.54) is 6.07 Å². The van der Waals surface area contributed by atoms with E-state index in [0.29, 0.717) is 12.2 Å². The van der Waals surface area contributed by atoms with Crippen LogP contribution in [-0.4, -0.2) is 24.4 Å². The third kappa shape index (κ3) is 2.02. The Morgan fingerprint density at radius 1 is 1.40 bits per heavy atom. The summed E-state index contributed by atoms with van der Waals surface area (Å²) in [7, 11) is 0. The molecule has 3 atom stereocenters. The average molecular weight is 211 g/mol. The topological polar surface area (TPSA) is 55.5 Å². The Bertz CT molecular complexity index is 345. The summed E-state index contributed by atoms with van der Waals surface area (Å²) in [6, 6.07) is 5.86. The summed E-state index contributed by atoms with van der Waals surface area (Å²) >= 11 is 0. The molecule has 0 radical (unpaired) electrons. The van der Waals surface area contributed by atoms with E-state index in [9.17, 15) is 9.50 Å². The lowest BCUT2D eigenvalue weighted by Crippen LogP contribution is -2.30. The van der Waals surface area contributed by atoms with Crippen LogP contribution in [-0.2, 0) is 4.74 Å². The normalized spacial score (nSPS) is 27.9. The molecule has 1 aliphatic rings. The van der Waals surface area contributed by atoms with Gasteiger partial charge in [0.2, 0.25) is 0 Å². The Kier molecular flexibility index (Phi) is 3.00. The first-order chi connectivity index (χ1) is 7.20. The molecule has 3 N–H and O–H groups in total. The molecule has 1 fully saturated rings. The van der Waals surface area contributed by atoms with Gasteiger partial charge in [-0.2, -0.15) is 0 Å². The zero-order valence-electron chi connectivity index (χ0n) is 8.27. The zero-order chi connectivity index (χ0) is 10.8. The molecule has 1 heterocycles. The van der Waals surface area contributed by atoms with Crippen molar-refractivity contribution in [2.45, 2.75) is 12.1 Å². The molecule has 3 nitrogen and oxygen atoms in total. The quantitative estimate of drug-likeness (QED) is 0.762. The van der Waals surface area contributed by atoms with E-state index in [0.717, 1.165) is 0 Å². The first kappa shape index (κ1) is 10.5. The molecule has 1 aromatic carbocycles. The van der Waals surface area contributed by atoms with E-state index in [4.69, 9.17) is 10.5 Å². The van der Waals surface area contributed by atoms with Crippen molar-refractivity contribution in [1.82, 2.24) is 0 Å². The minimum atomic E-state index is -0.598. The van der Waals surface area contributed by atoms with Crippen molar-refractivity contribution in [3.8, 4) is 0 Å². The van der Waals surface area contributed by atoms with Gasteiger partial charge in [-0.3, -0.25) is 0 Å². The first-order valence-electron chi connectivity index (χ1n) is 4.96. The molecule has 0 spiro atoms. The van der Waals surface area contributed by atoms with E-state index in [2.05, 4.69) is 0 Å². The van der Waals surface area contributed by atoms with Crippen molar-refractivity contribution in [3.05, 3.63) is 35.6 Å². The van der Waals surface area contributed by atoms with Crippen LogP contribution in [0.4, 0.5) is 4.39 Å². The van der Waals surface area contributed by atoms with Crippen molar-refractivity contribution < 1.29 is 14.2 Å². The maximum absolute atomic E-state index is 13.4. The lowest BCUT2D eigenvalue weighted by Gasteiger charge is -2.21. The number of hydrogen-bond acceptors (Lipinski definition) is 3. The third-order valence-electron chi connectivity index (χ3n) is 2.82. The highest BCUT2D eigenvalue weighted by Crippen LogP contribution is 2.28. The molecule has 1 aromatic rings. The Balaban J connectivity index is 2.20. The van der Waals surface area contributed by atoms with Crippen LogP contribution in [0.2, 0.25) is 0 Å². The van der Waals surface area contributed by atoms with Gasteiger partial charge in [0.25, 0.3) is 0 Å². The molecule has 0 aromatic heterocycles. The summed E-state index contributed by atoms with van der Waals surface area (Å²) in [5.74, 6) is -0.550. The van der Waals surface area contributed by atoms with E-state index in [-0.39, 0.29) is 18.3 Å². The second kappa shape index (κ2) is 4.26. The molecule has 2 rings (SSSR count). The molecule has 15 heavy (non-hydrogen) atoms. The Morgan fingerprint density at radius 2 is 2.13 bits per heavy atom. The maximum atomic E-state index is 13.4. The third-order valence-corrected chi connectivity index (χ3v) is 2.82. The van der Waals surface area contributed by atoms with Gasteiger partial charge in [0.15, 0.2) is 0 Å². The predicted octanol–water partition coefficient (Wildman–Crippen LogP) is 0.833. The molecule has 0 bridgehead atoms. The van der Waals surface area contributed by atoms with Gasteiger partial charge in [0, 0.05) is 17.5 Å². The van der Waals surface area contributed by atoms with Gasteiger partial charge in [-0.05, 0) is 6.07 Å². The standard InChI is InChI=1S/C11H14FNO2/c12-9-4-2-1-3-7(9)11(13)8-5-15-6-10(8)14/h1-4,8,10-11,14H,5-6,13H2/t8-,10+,11+/m0/s1. The monoisotopic (exact) mass is 211 g/mol. The highest BCUT2D eigenvalue weighted by atomic mass is 19.1. The van der Waals surface area contributed by atoms with Gasteiger partial charge in [0.05, 0.1) is 19.3 Å². The number of benzene rings is 1. The summed E-state index contributed by atoms with van der Waals surface area (Å²) in [6.45, 7) is 0.670. The van der Waals surface area contributed by atoms with Crippen molar-refractivity contribution in [3.63, 3.8) is 0 Å². The number of nitrogens with two attached hydrogens (primary N) is 1. The summed E-state index contributed by atoms with van der Waals surface area (Å²) in [5, 5.41) is 9.58. The van der Waals surface area contributed by atoms with Crippen molar-refractivity contribution in [1.29, 1.82) is 0 Å². The SMILES string of the molecule is N[C@H](c1ccccc1F)[C@H]1COC[C@H]1O. The summed E-state index contributed by atoms with van der Waals surface area (Å²) < 4.78 is 18.5. The Labute approximate surface area is 87.7 Å². The van der Waals surface area contributed by atoms with Crippen molar-refractivity contribution in [2.24, 2.45) is 11.7 Å². The van der Waals surface area contributed by atoms with Crippen LogP contribution in [0.3, 0.4) is 0 Å². The van der Waals surface area contributed by atoms with Crippen LogP contribution >= 0.6 is 0 Å². The lowest BCUT2D eigenvalue weighted by molar-refractivity contribution is 0.113. The summed E-state index contributed by atoms with van der Waals surface area (Å²) in [6.07, 6.45) is -0.598. The number of aliphatic hydroxyl groups is 1. The van der Waals surface area contributed by atoms with Crippen LogP contribution in [0.25, 0.3) is 0 Å².